The summed E-state index contributed by atoms with van der Waals surface area (Å²) < 4.78 is 5.27. The first-order valence-electron chi connectivity index (χ1n) is 8.90. The number of amides is 3. The number of carbonyl (C=O) groups is 3. The van der Waals surface area contributed by atoms with Crippen LogP contribution in [0.1, 0.15) is 33.2 Å². The second-order valence-corrected chi connectivity index (χ2v) is 7.20. The molecule has 2 aromatic rings. The third-order valence-electron chi connectivity index (χ3n) is 4.89. The van der Waals surface area contributed by atoms with Gasteiger partial charge in [-0.1, -0.05) is 17.7 Å². The van der Waals surface area contributed by atoms with Crippen LogP contribution >= 0.6 is 11.6 Å². The van der Waals surface area contributed by atoms with E-state index in [1.54, 1.807) is 18.2 Å². The van der Waals surface area contributed by atoms with Crippen LogP contribution in [0.25, 0.3) is 0 Å². The summed E-state index contributed by atoms with van der Waals surface area (Å²) in [5.41, 5.74) is -0.213. The Bertz CT molecular complexity index is 1070. The highest BCUT2D eigenvalue weighted by molar-refractivity contribution is 6.30. The molecule has 0 N–H and O–H groups in total. The van der Waals surface area contributed by atoms with Crippen LogP contribution in [-0.4, -0.2) is 52.6 Å². The number of nitro benzene ring substituents is 1. The number of methoxy groups -OCH3 is 1. The first-order chi connectivity index (χ1) is 14.2. The maximum Gasteiger partial charge on any atom is 0.282 e. The summed E-state index contributed by atoms with van der Waals surface area (Å²) in [6.07, 6.45) is 0. The number of hydrogen-bond acceptors (Lipinski definition) is 6. The van der Waals surface area contributed by atoms with Crippen molar-refractivity contribution in [3.05, 3.63) is 68.2 Å². The van der Waals surface area contributed by atoms with Gasteiger partial charge in [-0.3, -0.25) is 29.4 Å². The van der Waals surface area contributed by atoms with Gasteiger partial charge in [-0.25, -0.2) is 0 Å². The predicted octanol–water partition coefficient (Wildman–Crippen LogP) is 2.90. The minimum atomic E-state index is -1.16. The van der Waals surface area contributed by atoms with Gasteiger partial charge in [-0.05, 0) is 31.2 Å². The number of hydrogen-bond donors (Lipinski definition) is 0. The molecule has 156 valence electrons. The SMILES string of the molecule is COc1ccc(Cl)cc1CN(C)C(=O)C(C)N1C(=O)c2cccc([N+](=O)[O-])c2C1=O. The normalized spacial score (nSPS) is 13.8. The van der Waals surface area contributed by atoms with Gasteiger partial charge < -0.3 is 9.64 Å². The number of ether oxygens (including phenoxy) is 1. The Hall–Kier alpha value is -3.46. The fourth-order valence-electron chi connectivity index (χ4n) is 3.42. The van der Waals surface area contributed by atoms with E-state index in [0.29, 0.717) is 16.3 Å². The number of rotatable bonds is 6. The molecule has 0 spiro atoms. The lowest BCUT2D eigenvalue weighted by Gasteiger charge is -2.27. The van der Waals surface area contributed by atoms with Crippen molar-refractivity contribution in [2.45, 2.75) is 19.5 Å². The van der Waals surface area contributed by atoms with Crippen LogP contribution in [0.4, 0.5) is 5.69 Å². The van der Waals surface area contributed by atoms with Crippen molar-refractivity contribution in [3.8, 4) is 5.75 Å². The summed E-state index contributed by atoms with van der Waals surface area (Å²) in [4.78, 5) is 51.1. The largest absolute Gasteiger partial charge is 0.496 e. The molecule has 9 nitrogen and oxygen atoms in total. The monoisotopic (exact) mass is 431 g/mol. The number of nitrogens with zero attached hydrogens (tertiary/aromatic N) is 3. The highest BCUT2D eigenvalue weighted by Gasteiger charge is 2.45. The summed E-state index contributed by atoms with van der Waals surface area (Å²) in [7, 11) is 3.00. The molecule has 10 heteroatoms. The Morgan fingerprint density at radius 3 is 2.60 bits per heavy atom. The fraction of sp³-hybridized carbons (Fsp3) is 0.250. The van der Waals surface area contributed by atoms with Gasteiger partial charge in [-0.15, -0.1) is 0 Å². The molecule has 1 heterocycles. The quantitative estimate of drug-likeness (QED) is 0.395. The number of fused-ring (bicyclic) bond motifs is 1. The summed E-state index contributed by atoms with van der Waals surface area (Å²) >= 11 is 6.02. The zero-order valence-corrected chi connectivity index (χ0v) is 17.2. The smallest absolute Gasteiger partial charge is 0.282 e. The van der Waals surface area contributed by atoms with E-state index in [-0.39, 0.29) is 17.7 Å². The predicted molar refractivity (Wildman–Crippen MR) is 108 cm³/mol. The number of imide groups is 1. The van der Waals surface area contributed by atoms with Crippen LogP contribution in [0.2, 0.25) is 5.02 Å². The summed E-state index contributed by atoms with van der Waals surface area (Å²) in [5, 5.41) is 11.7. The molecule has 0 aliphatic carbocycles. The molecule has 1 aliphatic heterocycles. The zero-order chi connectivity index (χ0) is 22.2. The van der Waals surface area contributed by atoms with E-state index < -0.39 is 34.4 Å². The van der Waals surface area contributed by atoms with Crippen LogP contribution in [0, 0.1) is 10.1 Å². The van der Waals surface area contributed by atoms with E-state index in [1.807, 2.05) is 0 Å². The molecule has 0 fully saturated rings. The molecule has 1 aliphatic rings. The van der Waals surface area contributed by atoms with Gasteiger partial charge in [0.2, 0.25) is 5.91 Å². The highest BCUT2D eigenvalue weighted by atomic mass is 35.5. The molecule has 1 atom stereocenters. The summed E-state index contributed by atoms with van der Waals surface area (Å²) in [5.74, 6) is -1.59. The average molecular weight is 432 g/mol. The van der Waals surface area contributed by atoms with Crippen LogP contribution in [0.15, 0.2) is 36.4 Å². The number of benzene rings is 2. The van der Waals surface area contributed by atoms with Gasteiger partial charge in [0, 0.05) is 30.2 Å². The molecule has 0 radical (unpaired) electrons. The first-order valence-corrected chi connectivity index (χ1v) is 9.27. The maximum absolute atomic E-state index is 13.0. The van der Waals surface area contributed by atoms with Crippen LogP contribution < -0.4 is 4.74 Å². The Balaban J connectivity index is 1.85. The first kappa shape index (κ1) is 21.3. The van der Waals surface area contributed by atoms with Crippen LogP contribution in [0.3, 0.4) is 0 Å². The van der Waals surface area contributed by atoms with Gasteiger partial charge in [0.15, 0.2) is 0 Å². The molecule has 3 rings (SSSR count). The van der Waals surface area contributed by atoms with Gasteiger partial charge in [0.05, 0.1) is 17.6 Å². The molecule has 0 saturated carbocycles. The summed E-state index contributed by atoms with van der Waals surface area (Å²) in [6, 6.07) is 7.63. The molecular formula is C20H18ClN3O6. The van der Waals surface area contributed by atoms with E-state index in [0.717, 1.165) is 11.0 Å². The second-order valence-electron chi connectivity index (χ2n) is 6.76. The van der Waals surface area contributed by atoms with Crippen molar-refractivity contribution in [2.75, 3.05) is 14.2 Å². The van der Waals surface area contributed by atoms with Crippen molar-refractivity contribution in [2.24, 2.45) is 0 Å². The Morgan fingerprint density at radius 2 is 1.97 bits per heavy atom. The van der Waals surface area contributed by atoms with Crippen molar-refractivity contribution in [1.82, 2.24) is 9.80 Å². The van der Waals surface area contributed by atoms with E-state index >= 15 is 0 Å². The topological polar surface area (TPSA) is 110 Å². The van der Waals surface area contributed by atoms with E-state index in [2.05, 4.69) is 0 Å². The summed E-state index contributed by atoms with van der Waals surface area (Å²) in [6.45, 7) is 1.53. The average Bonchev–Trinajstić information content (AvgIpc) is 2.97. The van der Waals surface area contributed by atoms with Crippen LogP contribution in [0.5, 0.6) is 5.75 Å². The lowest BCUT2D eigenvalue weighted by atomic mass is 10.1. The Kier molecular flexibility index (Phi) is 5.75. The number of likely N-dealkylation sites (N-methyl/N-ethyl adjacent to an activating group) is 1. The standard InChI is InChI=1S/C20H18ClN3O6/c1-11(18(25)22(2)10-12-9-13(21)7-8-16(12)30-3)23-19(26)14-5-4-6-15(24(28)29)17(14)20(23)27/h4-9,11H,10H2,1-3H3. The lowest BCUT2D eigenvalue weighted by molar-refractivity contribution is -0.385. The molecule has 0 aromatic heterocycles. The molecule has 1 unspecified atom stereocenters. The van der Waals surface area contributed by atoms with Crippen molar-refractivity contribution in [3.63, 3.8) is 0 Å². The Morgan fingerprint density at radius 1 is 1.27 bits per heavy atom. The number of carbonyl (C=O) groups excluding carboxylic acids is 3. The van der Waals surface area contributed by atoms with E-state index in [4.69, 9.17) is 16.3 Å². The second kappa shape index (κ2) is 8.11. The zero-order valence-electron chi connectivity index (χ0n) is 16.4. The highest BCUT2D eigenvalue weighted by Crippen LogP contribution is 2.32. The molecule has 30 heavy (non-hydrogen) atoms. The number of halogens is 1. The van der Waals surface area contributed by atoms with Crippen molar-refractivity contribution >= 4 is 35.0 Å². The third-order valence-corrected chi connectivity index (χ3v) is 5.13. The molecule has 0 bridgehead atoms. The van der Waals surface area contributed by atoms with Gasteiger partial charge in [0.25, 0.3) is 17.5 Å². The van der Waals surface area contributed by atoms with Crippen molar-refractivity contribution in [1.29, 1.82) is 0 Å². The minimum Gasteiger partial charge on any atom is -0.496 e. The molecule has 0 saturated heterocycles. The molecular weight excluding hydrogens is 414 g/mol. The van der Waals surface area contributed by atoms with E-state index in [1.165, 1.54) is 38.1 Å². The Labute approximate surface area is 176 Å². The fourth-order valence-corrected chi connectivity index (χ4v) is 3.62. The van der Waals surface area contributed by atoms with Gasteiger partial charge in [-0.2, -0.15) is 0 Å². The third kappa shape index (κ3) is 3.59. The maximum atomic E-state index is 13.0. The van der Waals surface area contributed by atoms with Crippen molar-refractivity contribution < 1.29 is 24.0 Å². The molecule has 2 aromatic carbocycles. The minimum absolute atomic E-state index is 0.0898. The lowest BCUT2D eigenvalue weighted by Crippen LogP contribution is -2.48. The van der Waals surface area contributed by atoms with Gasteiger partial charge >= 0.3 is 0 Å². The van der Waals surface area contributed by atoms with Crippen LogP contribution in [-0.2, 0) is 11.3 Å². The molecule has 3 amide bonds. The van der Waals surface area contributed by atoms with Gasteiger partial charge in [0.1, 0.15) is 17.4 Å². The van der Waals surface area contributed by atoms with E-state index in [9.17, 15) is 24.5 Å². The number of nitro groups is 1.